The van der Waals surface area contributed by atoms with Gasteiger partial charge in [0.05, 0.1) is 0 Å². The molecular formula is C4H12IN3S. The molecule has 3 nitrogen and oxygen atoms in total. The fourth-order valence-electron chi connectivity index (χ4n) is 0.313. The summed E-state index contributed by atoms with van der Waals surface area (Å²) in [5, 5.41) is 0.785. The molecule has 0 amide bonds. The molecule has 0 aliphatic rings. The Morgan fingerprint density at radius 1 is 1.78 bits per heavy atom. The standard InChI is InChI=1S/C4H11N3S.HI/c1-3-6-4(7-5)8-2;/h3,5H2,1-2H3,(H,6,7);1H. The highest BCUT2D eigenvalue weighted by Crippen LogP contribution is 1.91. The molecule has 0 unspecified atom stereocenters. The quantitative estimate of drug-likeness (QED) is 0.241. The maximum absolute atomic E-state index is 5.07. The zero-order chi connectivity index (χ0) is 6.41. The fourth-order valence-corrected chi connectivity index (χ4v) is 0.689. The van der Waals surface area contributed by atoms with Crippen LogP contribution in [-0.2, 0) is 0 Å². The molecule has 0 rings (SSSR count). The molecule has 0 aromatic heterocycles. The molecule has 0 aromatic carbocycles. The highest BCUT2D eigenvalue weighted by atomic mass is 127. The van der Waals surface area contributed by atoms with Crippen LogP contribution in [0.5, 0.6) is 0 Å². The van der Waals surface area contributed by atoms with Gasteiger partial charge in [-0.2, -0.15) is 0 Å². The molecule has 0 spiro atoms. The number of nitrogens with two attached hydrogens (primary N) is 1. The van der Waals surface area contributed by atoms with Crippen molar-refractivity contribution in [1.82, 2.24) is 5.43 Å². The highest BCUT2D eigenvalue weighted by Gasteiger charge is 1.86. The van der Waals surface area contributed by atoms with E-state index in [1.165, 1.54) is 11.8 Å². The van der Waals surface area contributed by atoms with Crippen molar-refractivity contribution in [2.45, 2.75) is 6.92 Å². The number of hydrogen-bond donors (Lipinski definition) is 2. The molecule has 5 heteroatoms. The van der Waals surface area contributed by atoms with Crippen LogP contribution in [0.15, 0.2) is 4.99 Å². The van der Waals surface area contributed by atoms with Crippen molar-refractivity contribution in [3.8, 4) is 0 Å². The molecule has 0 radical (unpaired) electrons. The van der Waals surface area contributed by atoms with Gasteiger partial charge in [0, 0.05) is 6.54 Å². The first-order valence-electron chi connectivity index (χ1n) is 2.40. The second kappa shape index (κ2) is 8.51. The van der Waals surface area contributed by atoms with Crippen LogP contribution in [-0.4, -0.2) is 18.0 Å². The Morgan fingerprint density at radius 2 is 2.33 bits per heavy atom. The number of aliphatic imine (C=N–C) groups is 1. The average Bonchev–Trinajstić information content (AvgIpc) is 1.83. The molecule has 0 atom stereocenters. The smallest absolute Gasteiger partial charge is 0.170 e. The van der Waals surface area contributed by atoms with Gasteiger partial charge in [-0.05, 0) is 13.2 Å². The third-order valence-corrected chi connectivity index (χ3v) is 1.25. The number of hydrogen-bond acceptors (Lipinski definition) is 3. The van der Waals surface area contributed by atoms with Crippen molar-refractivity contribution in [1.29, 1.82) is 0 Å². The van der Waals surface area contributed by atoms with Crippen molar-refractivity contribution in [2.75, 3.05) is 12.8 Å². The van der Waals surface area contributed by atoms with E-state index in [2.05, 4.69) is 10.4 Å². The van der Waals surface area contributed by atoms with E-state index >= 15 is 0 Å². The summed E-state index contributed by atoms with van der Waals surface area (Å²) < 4.78 is 0. The Morgan fingerprint density at radius 3 is 2.44 bits per heavy atom. The lowest BCUT2D eigenvalue weighted by Crippen LogP contribution is -2.27. The third-order valence-electron chi connectivity index (χ3n) is 0.619. The average molecular weight is 261 g/mol. The van der Waals surface area contributed by atoms with Crippen LogP contribution in [0, 0.1) is 0 Å². The van der Waals surface area contributed by atoms with Crippen molar-refractivity contribution in [3.05, 3.63) is 0 Å². The van der Waals surface area contributed by atoms with Crippen molar-refractivity contribution in [3.63, 3.8) is 0 Å². The molecule has 9 heavy (non-hydrogen) atoms. The minimum Gasteiger partial charge on any atom is -0.303 e. The van der Waals surface area contributed by atoms with Gasteiger partial charge in [-0.1, -0.05) is 11.8 Å². The summed E-state index contributed by atoms with van der Waals surface area (Å²) in [6.45, 7) is 2.74. The molecular weight excluding hydrogens is 249 g/mol. The van der Waals surface area contributed by atoms with Crippen LogP contribution in [0.3, 0.4) is 0 Å². The SMILES string of the molecule is CCN=C(NN)SC.I. The van der Waals surface area contributed by atoms with Gasteiger partial charge >= 0.3 is 0 Å². The maximum atomic E-state index is 5.07. The molecule has 0 aliphatic carbocycles. The summed E-state index contributed by atoms with van der Waals surface area (Å²) in [4.78, 5) is 4.00. The molecule has 0 aliphatic heterocycles. The van der Waals surface area contributed by atoms with Crippen LogP contribution in [0.4, 0.5) is 0 Å². The number of rotatable bonds is 1. The minimum atomic E-state index is 0. The first kappa shape index (κ1) is 12.2. The van der Waals surface area contributed by atoms with Crippen LogP contribution in [0.2, 0.25) is 0 Å². The summed E-state index contributed by atoms with van der Waals surface area (Å²) in [5.74, 6) is 5.07. The van der Waals surface area contributed by atoms with E-state index in [0.29, 0.717) is 0 Å². The summed E-state index contributed by atoms with van der Waals surface area (Å²) >= 11 is 1.51. The number of hydrazine groups is 1. The number of amidine groups is 1. The summed E-state index contributed by atoms with van der Waals surface area (Å²) in [7, 11) is 0. The van der Waals surface area contributed by atoms with Crippen LogP contribution in [0.1, 0.15) is 6.92 Å². The zero-order valence-electron chi connectivity index (χ0n) is 5.55. The topological polar surface area (TPSA) is 50.4 Å². The van der Waals surface area contributed by atoms with Crippen LogP contribution >= 0.6 is 35.7 Å². The summed E-state index contributed by atoms with van der Waals surface area (Å²) in [6, 6.07) is 0. The first-order valence-corrected chi connectivity index (χ1v) is 3.62. The predicted molar refractivity (Wildman–Crippen MR) is 54.2 cm³/mol. The summed E-state index contributed by atoms with van der Waals surface area (Å²) in [6.07, 6.45) is 1.92. The number of nitrogens with zero attached hydrogens (tertiary/aromatic N) is 1. The molecule has 0 fully saturated rings. The number of nitrogens with one attached hydrogen (secondary N) is 1. The van der Waals surface area contributed by atoms with Crippen molar-refractivity contribution in [2.24, 2.45) is 10.8 Å². The second-order valence-corrected chi connectivity index (χ2v) is 1.92. The molecule has 0 bridgehead atoms. The van der Waals surface area contributed by atoms with E-state index in [0.717, 1.165) is 11.7 Å². The normalized spacial score (nSPS) is 10.3. The van der Waals surface area contributed by atoms with E-state index in [-0.39, 0.29) is 24.0 Å². The van der Waals surface area contributed by atoms with Gasteiger partial charge in [-0.3, -0.25) is 4.99 Å². The van der Waals surface area contributed by atoms with Gasteiger partial charge in [-0.25, -0.2) is 5.84 Å². The first-order chi connectivity index (χ1) is 3.85. The zero-order valence-corrected chi connectivity index (χ0v) is 8.70. The molecule has 0 saturated carbocycles. The molecule has 56 valence electrons. The Balaban J connectivity index is 0. The van der Waals surface area contributed by atoms with Crippen molar-refractivity contribution >= 4 is 40.9 Å². The molecule has 0 saturated heterocycles. The maximum Gasteiger partial charge on any atom is 0.170 e. The third kappa shape index (κ3) is 6.39. The van der Waals surface area contributed by atoms with Gasteiger partial charge in [0.1, 0.15) is 0 Å². The predicted octanol–water partition coefficient (Wildman–Crippen LogP) is 0.807. The Labute approximate surface area is 76.9 Å². The van der Waals surface area contributed by atoms with E-state index in [4.69, 9.17) is 5.84 Å². The Hall–Kier alpha value is 0.510. The fraction of sp³-hybridized carbons (Fsp3) is 0.750. The molecule has 3 N–H and O–H groups in total. The lowest BCUT2D eigenvalue weighted by molar-refractivity contribution is 1.01. The van der Waals surface area contributed by atoms with E-state index in [9.17, 15) is 0 Å². The second-order valence-electron chi connectivity index (χ2n) is 1.13. The van der Waals surface area contributed by atoms with Crippen LogP contribution in [0.25, 0.3) is 0 Å². The largest absolute Gasteiger partial charge is 0.303 e. The van der Waals surface area contributed by atoms with E-state index in [1.54, 1.807) is 0 Å². The molecule has 0 aromatic rings. The van der Waals surface area contributed by atoms with Gasteiger partial charge in [0.25, 0.3) is 0 Å². The highest BCUT2D eigenvalue weighted by molar-refractivity contribution is 14.0. The molecule has 0 heterocycles. The van der Waals surface area contributed by atoms with E-state index in [1.807, 2.05) is 13.2 Å². The minimum absolute atomic E-state index is 0. The Kier molecular flexibility index (Phi) is 11.5. The Bertz CT molecular complexity index is 79.9. The van der Waals surface area contributed by atoms with Crippen molar-refractivity contribution < 1.29 is 0 Å². The van der Waals surface area contributed by atoms with Crippen LogP contribution < -0.4 is 11.3 Å². The van der Waals surface area contributed by atoms with Gasteiger partial charge < -0.3 is 5.43 Å². The van der Waals surface area contributed by atoms with E-state index < -0.39 is 0 Å². The van der Waals surface area contributed by atoms with Gasteiger partial charge in [-0.15, -0.1) is 24.0 Å². The van der Waals surface area contributed by atoms with Gasteiger partial charge in [0.2, 0.25) is 0 Å². The summed E-state index contributed by atoms with van der Waals surface area (Å²) in [5.41, 5.74) is 2.47. The lowest BCUT2D eigenvalue weighted by Gasteiger charge is -1.97. The lowest BCUT2D eigenvalue weighted by atomic mass is 10.8. The number of halogens is 1. The monoisotopic (exact) mass is 261 g/mol. The number of thioether (sulfide) groups is 1. The van der Waals surface area contributed by atoms with Gasteiger partial charge in [0.15, 0.2) is 5.17 Å².